The van der Waals surface area contributed by atoms with Crippen molar-refractivity contribution in [3.05, 3.63) is 41.7 Å². The van der Waals surface area contributed by atoms with Crippen LogP contribution in [0.5, 0.6) is 11.5 Å². The fraction of sp³-hybridized carbons (Fsp3) is 0.250. The summed E-state index contributed by atoms with van der Waals surface area (Å²) in [6.45, 7) is 0.237. The molecule has 0 aliphatic carbocycles. The molecule has 1 N–H and O–H groups in total. The Bertz CT molecular complexity index is 550. The first-order valence-electron chi connectivity index (χ1n) is 5.31. The molecule has 0 saturated carbocycles. The molecule has 1 aromatic carbocycles. The maximum absolute atomic E-state index is 10.2. The highest BCUT2D eigenvalue weighted by Crippen LogP contribution is 2.35. The molecule has 1 aliphatic heterocycles. The van der Waals surface area contributed by atoms with Crippen LogP contribution >= 0.6 is 0 Å². The molecule has 3 rings (SSSR count). The quantitative estimate of drug-likeness (QED) is 0.846. The largest absolute Gasteiger partial charge is 0.454 e. The zero-order valence-electron chi connectivity index (χ0n) is 9.33. The standard InChI is InChI=1S/C12H12N2O3/c1-14-9(4-5-13-14)12(15)8-2-3-10-11(6-8)17-7-16-10/h2-6,12,15H,7H2,1H3. The van der Waals surface area contributed by atoms with Crippen molar-refractivity contribution in [3.8, 4) is 11.5 Å². The maximum Gasteiger partial charge on any atom is 0.231 e. The lowest BCUT2D eigenvalue weighted by Crippen LogP contribution is -2.06. The highest BCUT2D eigenvalue weighted by atomic mass is 16.7. The highest BCUT2D eigenvalue weighted by Gasteiger charge is 2.19. The molecule has 0 saturated heterocycles. The Kier molecular flexibility index (Phi) is 2.26. The summed E-state index contributed by atoms with van der Waals surface area (Å²) in [4.78, 5) is 0. The molecule has 17 heavy (non-hydrogen) atoms. The van der Waals surface area contributed by atoms with E-state index in [0.29, 0.717) is 11.5 Å². The van der Waals surface area contributed by atoms with Crippen molar-refractivity contribution in [2.75, 3.05) is 6.79 Å². The van der Waals surface area contributed by atoms with Crippen molar-refractivity contribution in [1.29, 1.82) is 0 Å². The second-order valence-electron chi connectivity index (χ2n) is 3.89. The number of aliphatic hydroxyl groups excluding tert-OH is 1. The third-order valence-corrected chi connectivity index (χ3v) is 2.85. The van der Waals surface area contributed by atoms with E-state index in [9.17, 15) is 5.11 Å². The van der Waals surface area contributed by atoms with Crippen LogP contribution in [0, 0.1) is 0 Å². The average molecular weight is 232 g/mol. The summed E-state index contributed by atoms with van der Waals surface area (Å²) in [6.07, 6.45) is 0.947. The predicted molar refractivity (Wildman–Crippen MR) is 59.8 cm³/mol. The SMILES string of the molecule is Cn1nccc1C(O)c1ccc2c(c1)OCO2. The van der Waals surface area contributed by atoms with Gasteiger partial charge in [-0.1, -0.05) is 6.07 Å². The van der Waals surface area contributed by atoms with E-state index in [1.165, 1.54) is 0 Å². The second-order valence-corrected chi connectivity index (χ2v) is 3.89. The molecule has 0 amide bonds. The number of hydrogen-bond donors (Lipinski definition) is 1. The number of hydrogen-bond acceptors (Lipinski definition) is 4. The van der Waals surface area contributed by atoms with Crippen LogP contribution in [0.4, 0.5) is 0 Å². The minimum atomic E-state index is -0.711. The van der Waals surface area contributed by atoms with E-state index in [-0.39, 0.29) is 6.79 Å². The number of benzene rings is 1. The minimum absolute atomic E-state index is 0.237. The van der Waals surface area contributed by atoms with Crippen LogP contribution in [-0.4, -0.2) is 21.7 Å². The van der Waals surface area contributed by atoms with E-state index in [1.54, 1.807) is 36.1 Å². The van der Waals surface area contributed by atoms with Gasteiger partial charge < -0.3 is 14.6 Å². The zero-order chi connectivity index (χ0) is 11.8. The van der Waals surface area contributed by atoms with Gasteiger partial charge in [0.25, 0.3) is 0 Å². The number of aromatic nitrogens is 2. The van der Waals surface area contributed by atoms with Gasteiger partial charge in [0.1, 0.15) is 6.10 Å². The van der Waals surface area contributed by atoms with E-state index >= 15 is 0 Å². The Morgan fingerprint density at radius 2 is 2.12 bits per heavy atom. The maximum atomic E-state index is 10.2. The van der Waals surface area contributed by atoms with Gasteiger partial charge >= 0.3 is 0 Å². The highest BCUT2D eigenvalue weighted by molar-refractivity contribution is 5.46. The molecule has 5 nitrogen and oxygen atoms in total. The lowest BCUT2D eigenvalue weighted by molar-refractivity contribution is 0.173. The van der Waals surface area contributed by atoms with Crippen LogP contribution in [-0.2, 0) is 7.05 Å². The lowest BCUT2D eigenvalue weighted by atomic mass is 10.1. The van der Waals surface area contributed by atoms with E-state index < -0.39 is 6.10 Å². The molecule has 2 heterocycles. The molecule has 88 valence electrons. The molecule has 2 aromatic rings. The van der Waals surface area contributed by atoms with Gasteiger partial charge in [0, 0.05) is 13.2 Å². The smallest absolute Gasteiger partial charge is 0.231 e. The third kappa shape index (κ3) is 1.64. The molecule has 1 atom stereocenters. The summed E-state index contributed by atoms with van der Waals surface area (Å²) in [5.41, 5.74) is 1.50. The lowest BCUT2D eigenvalue weighted by Gasteiger charge is -2.11. The molecule has 0 fully saturated rings. The van der Waals surface area contributed by atoms with Crippen molar-refractivity contribution in [2.45, 2.75) is 6.10 Å². The number of aryl methyl sites for hydroxylation is 1. The van der Waals surface area contributed by atoms with E-state index in [1.807, 2.05) is 6.07 Å². The van der Waals surface area contributed by atoms with Crippen molar-refractivity contribution < 1.29 is 14.6 Å². The van der Waals surface area contributed by atoms with Gasteiger partial charge in [0.2, 0.25) is 6.79 Å². The first-order chi connectivity index (χ1) is 8.25. The van der Waals surface area contributed by atoms with Crippen LogP contribution in [0.2, 0.25) is 0 Å². The van der Waals surface area contributed by atoms with Gasteiger partial charge in [-0.3, -0.25) is 4.68 Å². The first-order valence-corrected chi connectivity index (χ1v) is 5.31. The minimum Gasteiger partial charge on any atom is -0.454 e. The summed E-state index contributed by atoms with van der Waals surface area (Å²) in [5.74, 6) is 1.38. The van der Waals surface area contributed by atoms with E-state index in [0.717, 1.165) is 11.3 Å². The van der Waals surface area contributed by atoms with Crippen molar-refractivity contribution in [2.24, 2.45) is 7.05 Å². The number of fused-ring (bicyclic) bond motifs is 1. The summed E-state index contributed by atoms with van der Waals surface area (Å²) < 4.78 is 12.2. The number of rotatable bonds is 2. The van der Waals surface area contributed by atoms with Crippen molar-refractivity contribution in [3.63, 3.8) is 0 Å². The Morgan fingerprint density at radius 3 is 2.88 bits per heavy atom. The second kappa shape index (κ2) is 3.78. The normalized spacial score (nSPS) is 14.9. The fourth-order valence-corrected chi connectivity index (χ4v) is 1.91. The molecule has 0 bridgehead atoms. The average Bonchev–Trinajstić information content (AvgIpc) is 2.95. The van der Waals surface area contributed by atoms with Crippen LogP contribution in [0.3, 0.4) is 0 Å². The van der Waals surface area contributed by atoms with Gasteiger partial charge in [0.05, 0.1) is 5.69 Å². The molecule has 1 aromatic heterocycles. The number of ether oxygens (including phenoxy) is 2. The first kappa shape index (κ1) is 10.2. The van der Waals surface area contributed by atoms with Gasteiger partial charge in [-0.15, -0.1) is 0 Å². The molecule has 0 radical (unpaired) electrons. The third-order valence-electron chi connectivity index (χ3n) is 2.85. The van der Waals surface area contributed by atoms with Crippen LogP contribution in [0.15, 0.2) is 30.5 Å². The summed E-state index contributed by atoms with van der Waals surface area (Å²) in [5, 5.41) is 14.3. The van der Waals surface area contributed by atoms with E-state index in [2.05, 4.69) is 5.10 Å². The van der Waals surface area contributed by atoms with Gasteiger partial charge in [-0.25, -0.2) is 0 Å². The topological polar surface area (TPSA) is 56.5 Å². The monoisotopic (exact) mass is 232 g/mol. The molecule has 0 spiro atoms. The number of nitrogens with zero attached hydrogens (tertiary/aromatic N) is 2. The fourth-order valence-electron chi connectivity index (χ4n) is 1.91. The Balaban J connectivity index is 1.97. The van der Waals surface area contributed by atoms with Crippen LogP contribution in [0.25, 0.3) is 0 Å². The summed E-state index contributed by atoms with van der Waals surface area (Å²) in [7, 11) is 1.80. The van der Waals surface area contributed by atoms with Crippen LogP contribution < -0.4 is 9.47 Å². The molecular formula is C12H12N2O3. The van der Waals surface area contributed by atoms with Crippen LogP contribution in [0.1, 0.15) is 17.4 Å². The van der Waals surface area contributed by atoms with Gasteiger partial charge in [0.15, 0.2) is 11.5 Å². The Morgan fingerprint density at radius 1 is 1.29 bits per heavy atom. The summed E-state index contributed by atoms with van der Waals surface area (Å²) >= 11 is 0. The number of aliphatic hydroxyl groups is 1. The Hall–Kier alpha value is -2.01. The summed E-state index contributed by atoms with van der Waals surface area (Å²) in [6, 6.07) is 7.21. The van der Waals surface area contributed by atoms with E-state index in [4.69, 9.17) is 9.47 Å². The van der Waals surface area contributed by atoms with Crippen molar-refractivity contribution >= 4 is 0 Å². The molecular weight excluding hydrogens is 220 g/mol. The molecule has 1 unspecified atom stereocenters. The Labute approximate surface area is 98.2 Å². The zero-order valence-corrected chi connectivity index (χ0v) is 9.33. The molecule has 5 heteroatoms. The van der Waals surface area contributed by atoms with Gasteiger partial charge in [-0.05, 0) is 23.8 Å². The molecule has 1 aliphatic rings. The van der Waals surface area contributed by atoms with Crippen molar-refractivity contribution in [1.82, 2.24) is 9.78 Å². The predicted octanol–water partition coefficient (Wildman–Crippen LogP) is 1.23. The van der Waals surface area contributed by atoms with Gasteiger partial charge in [-0.2, -0.15) is 5.10 Å².